The van der Waals surface area contributed by atoms with Crippen molar-refractivity contribution in [3.05, 3.63) is 23.6 Å². The molecule has 0 aromatic carbocycles. The van der Waals surface area contributed by atoms with Gasteiger partial charge in [0.2, 0.25) is 0 Å². The van der Waals surface area contributed by atoms with Gasteiger partial charge in [-0.3, -0.25) is 4.79 Å². The summed E-state index contributed by atoms with van der Waals surface area (Å²) in [6.45, 7) is 0.786. The summed E-state index contributed by atoms with van der Waals surface area (Å²) < 4.78 is 5.64. The van der Waals surface area contributed by atoms with Gasteiger partial charge in [-0.1, -0.05) is 0 Å². The van der Waals surface area contributed by atoms with Crippen LogP contribution < -0.4 is 0 Å². The number of nitrogens with zero attached hydrogens (tertiary/aromatic N) is 1. The van der Waals surface area contributed by atoms with Gasteiger partial charge in [0.15, 0.2) is 0 Å². The van der Waals surface area contributed by atoms with E-state index in [0.717, 1.165) is 37.3 Å². The summed E-state index contributed by atoms with van der Waals surface area (Å²) in [5.74, 6) is 1.02. The molecule has 14 heavy (non-hydrogen) atoms. The van der Waals surface area contributed by atoms with Gasteiger partial charge in [0.1, 0.15) is 5.76 Å². The maximum atomic E-state index is 11.3. The monoisotopic (exact) mass is 193 g/mol. The van der Waals surface area contributed by atoms with Gasteiger partial charge in [-0.2, -0.15) is 0 Å². The first-order valence-corrected chi connectivity index (χ1v) is 5.11. The number of hydrogen-bond donors (Lipinski definition) is 0. The summed E-state index contributed by atoms with van der Waals surface area (Å²) >= 11 is 0. The van der Waals surface area contributed by atoms with Gasteiger partial charge in [-0.25, -0.2) is 0 Å². The highest BCUT2D eigenvalue weighted by Gasteiger charge is 2.21. The highest BCUT2D eigenvalue weighted by molar-refractivity contribution is 5.93. The van der Waals surface area contributed by atoms with E-state index >= 15 is 0 Å². The van der Waals surface area contributed by atoms with Crippen LogP contribution >= 0.6 is 0 Å². The maximum absolute atomic E-state index is 11.3. The van der Waals surface area contributed by atoms with Crippen LogP contribution in [0.4, 0.5) is 0 Å². The molecule has 0 bridgehead atoms. The van der Waals surface area contributed by atoms with Crippen molar-refractivity contribution in [2.75, 3.05) is 13.7 Å². The van der Waals surface area contributed by atoms with Gasteiger partial charge in [-0.05, 0) is 25.3 Å². The molecule has 0 aliphatic carbocycles. The molecular weight excluding hydrogens is 178 g/mol. The molecule has 0 aromatic rings. The third-order valence-electron chi connectivity index (χ3n) is 2.69. The Hall–Kier alpha value is -1.25. The number of hydrogen-bond acceptors (Lipinski definition) is 2. The molecule has 0 aromatic heterocycles. The summed E-state index contributed by atoms with van der Waals surface area (Å²) in [7, 11) is 1.79. The second-order valence-electron chi connectivity index (χ2n) is 3.70. The van der Waals surface area contributed by atoms with Crippen molar-refractivity contribution < 1.29 is 9.53 Å². The molecule has 0 atom stereocenters. The predicted octanol–water partition coefficient (Wildman–Crippen LogP) is 1.82. The van der Waals surface area contributed by atoms with E-state index in [2.05, 4.69) is 0 Å². The van der Waals surface area contributed by atoms with E-state index < -0.39 is 0 Å². The largest absolute Gasteiger partial charge is 0.496 e. The first kappa shape index (κ1) is 9.31. The summed E-state index contributed by atoms with van der Waals surface area (Å²) in [5, 5.41) is 0. The number of amides is 1. The summed E-state index contributed by atoms with van der Waals surface area (Å²) in [6.07, 6.45) is 7.90. The number of ether oxygens (including phenoxy) is 1. The van der Waals surface area contributed by atoms with E-state index in [1.54, 1.807) is 18.0 Å². The van der Waals surface area contributed by atoms with Gasteiger partial charge in [0.05, 0.1) is 12.3 Å². The zero-order valence-electron chi connectivity index (χ0n) is 8.45. The molecule has 76 valence electrons. The standard InChI is InChI=1S/C11H15NO2/c1-12-9(6-7-11(12)13)10-5-3-2-4-8-14-10/h6-7H,2-5,8H2,1H3. The van der Waals surface area contributed by atoms with Crippen molar-refractivity contribution >= 4 is 5.91 Å². The molecule has 3 nitrogen and oxygen atoms in total. The second kappa shape index (κ2) is 3.86. The van der Waals surface area contributed by atoms with Crippen LogP contribution in [0.15, 0.2) is 23.6 Å². The molecular formula is C11H15NO2. The Kier molecular flexibility index (Phi) is 2.57. The van der Waals surface area contributed by atoms with Crippen molar-refractivity contribution in [2.45, 2.75) is 25.7 Å². The van der Waals surface area contributed by atoms with E-state index in [9.17, 15) is 4.79 Å². The maximum Gasteiger partial charge on any atom is 0.250 e. The highest BCUT2D eigenvalue weighted by Crippen LogP contribution is 2.24. The van der Waals surface area contributed by atoms with Gasteiger partial charge >= 0.3 is 0 Å². The highest BCUT2D eigenvalue weighted by atomic mass is 16.5. The van der Waals surface area contributed by atoms with Gasteiger partial charge < -0.3 is 9.64 Å². The Labute approximate surface area is 84.0 Å². The molecule has 0 unspecified atom stereocenters. The molecule has 2 aliphatic heterocycles. The fourth-order valence-corrected chi connectivity index (χ4v) is 1.81. The lowest BCUT2D eigenvalue weighted by molar-refractivity contribution is -0.122. The van der Waals surface area contributed by atoms with Gasteiger partial charge in [0.25, 0.3) is 5.91 Å². The first-order chi connectivity index (χ1) is 6.79. The van der Waals surface area contributed by atoms with Crippen molar-refractivity contribution in [2.24, 2.45) is 0 Å². The lowest BCUT2D eigenvalue weighted by Crippen LogP contribution is -2.19. The van der Waals surface area contributed by atoms with Gasteiger partial charge in [-0.15, -0.1) is 0 Å². The smallest absolute Gasteiger partial charge is 0.250 e. The third-order valence-corrected chi connectivity index (χ3v) is 2.69. The van der Waals surface area contributed by atoms with Crippen molar-refractivity contribution in [1.29, 1.82) is 0 Å². The average molecular weight is 193 g/mol. The lowest BCUT2D eigenvalue weighted by atomic mass is 10.2. The Morgan fingerprint density at radius 2 is 2.14 bits per heavy atom. The Morgan fingerprint density at radius 3 is 2.86 bits per heavy atom. The van der Waals surface area contributed by atoms with Crippen LogP contribution in [0.5, 0.6) is 0 Å². The minimum Gasteiger partial charge on any atom is -0.496 e. The molecule has 0 N–H and O–H groups in total. The molecule has 1 fully saturated rings. The first-order valence-electron chi connectivity index (χ1n) is 5.11. The van der Waals surface area contributed by atoms with Crippen LogP contribution in [-0.4, -0.2) is 24.5 Å². The topological polar surface area (TPSA) is 29.5 Å². The van der Waals surface area contributed by atoms with Crippen LogP contribution in [0, 0.1) is 0 Å². The number of rotatable bonds is 0. The van der Waals surface area contributed by atoms with E-state index in [-0.39, 0.29) is 5.91 Å². The Balaban J connectivity index is 2.21. The molecule has 2 rings (SSSR count). The van der Waals surface area contributed by atoms with Crippen LogP contribution in [0.3, 0.4) is 0 Å². The SMILES string of the molecule is CN1C(=O)C=CC1=C1CCCCCO1. The number of carbonyl (C=O) groups is 1. The summed E-state index contributed by atoms with van der Waals surface area (Å²) in [5.41, 5.74) is 0.942. The Bertz CT molecular complexity index is 294. The number of likely N-dealkylation sites (N-methyl/N-ethyl adjacent to an activating group) is 1. The molecule has 0 radical (unpaired) electrons. The predicted molar refractivity (Wildman–Crippen MR) is 53.4 cm³/mol. The summed E-state index contributed by atoms with van der Waals surface area (Å²) in [6, 6.07) is 0. The van der Waals surface area contributed by atoms with Gasteiger partial charge in [0, 0.05) is 19.5 Å². The van der Waals surface area contributed by atoms with E-state index in [4.69, 9.17) is 4.74 Å². The molecule has 2 heterocycles. The molecule has 1 amide bonds. The lowest BCUT2D eigenvalue weighted by Gasteiger charge is -2.15. The third kappa shape index (κ3) is 1.67. The van der Waals surface area contributed by atoms with Crippen LogP contribution in [-0.2, 0) is 9.53 Å². The fraction of sp³-hybridized carbons (Fsp3) is 0.545. The Morgan fingerprint density at radius 1 is 1.29 bits per heavy atom. The van der Waals surface area contributed by atoms with Crippen molar-refractivity contribution in [3.8, 4) is 0 Å². The quantitative estimate of drug-likeness (QED) is 0.587. The van der Waals surface area contributed by atoms with Crippen LogP contribution in [0.1, 0.15) is 25.7 Å². The second-order valence-corrected chi connectivity index (χ2v) is 3.70. The van der Waals surface area contributed by atoms with E-state index in [1.807, 2.05) is 6.08 Å². The van der Waals surface area contributed by atoms with Crippen molar-refractivity contribution in [1.82, 2.24) is 4.90 Å². The molecule has 0 spiro atoms. The zero-order chi connectivity index (χ0) is 9.97. The minimum absolute atomic E-state index is 0.0420. The summed E-state index contributed by atoms with van der Waals surface area (Å²) in [4.78, 5) is 12.9. The minimum atomic E-state index is 0.0420. The molecule has 2 aliphatic rings. The normalized spacial score (nSPS) is 27.8. The molecule has 0 saturated carbocycles. The zero-order valence-corrected chi connectivity index (χ0v) is 8.45. The van der Waals surface area contributed by atoms with Crippen LogP contribution in [0.2, 0.25) is 0 Å². The van der Waals surface area contributed by atoms with Crippen LogP contribution in [0.25, 0.3) is 0 Å². The van der Waals surface area contributed by atoms with E-state index in [1.165, 1.54) is 6.42 Å². The van der Waals surface area contributed by atoms with E-state index in [0.29, 0.717) is 0 Å². The molecule has 3 heteroatoms. The number of carbonyl (C=O) groups excluding carboxylic acids is 1. The average Bonchev–Trinajstić information content (AvgIpc) is 2.47. The van der Waals surface area contributed by atoms with Crippen molar-refractivity contribution in [3.63, 3.8) is 0 Å². The number of allylic oxidation sites excluding steroid dienone is 2. The molecule has 1 saturated heterocycles. The fourth-order valence-electron chi connectivity index (χ4n) is 1.81.